The topological polar surface area (TPSA) is 66.9 Å². The Labute approximate surface area is 142 Å². The summed E-state index contributed by atoms with van der Waals surface area (Å²) in [5, 5.41) is 5.96. The van der Waals surface area contributed by atoms with Crippen LogP contribution in [0.4, 0.5) is 4.79 Å². The Hall–Kier alpha value is -2.43. The van der Waals surface area contributed by atoms with E-state index in [0.717, 1.165) is 31.4 Å². The summed E-state index contributed by atoms with van der Waals surface area (Å²) in [6.07, 6.45) is 6.02. The van der Waals surface area contributed by atoms with Gasteiger partial charge >= 0.3 is 6.03 Å². The van der Waals surface area contributed by atoms with E-state index in [1.54, 1.807) is 6.20 Å². The highest BCUT2D eigenvalue weighted by atomic mass is 16.2. The number of hydrogen-bond acceptors (Lipinski definition) is 3. The van der Waals surface area contributed by atoms with Crippen LogP contribution in [0, 0.1) is 6.92 Å². The average Bonchev–Trinajstić information content (AvgIpc) is 2.61. The Morgan fingerprint density at radius 2 is 1.88 bits per heavy atom. The number of nitrogens with zero attached hydrogens (tertiary/aromatic N) is 2. The van der Waals surface area contributed by atoms with Crippen LogP contribution in [-0.2, 0) is 6.54 Å². The van der Waals surface area contributed by atoms with Crippen molar-refractivity contribution in [3.8, 4) is 0 Å². The minimum atomic E-state index is -0.116. The fourth-order valence-corrected chi connectivity index (χ4v) is 3.31. The van der Waals surface area contributed by atoms with Crippen molar-refractivity contribution in [3.63, 3.8) is 0 Å². The van der Waals surface area contributed by atoms with E-state index in [2.05, 4.69) is 50.9 Å². The number of rotatable bonds is 4. The molecule has 0 unspecified atom stereocenters. The number of hydrogen-bond donors (Lipinski definition) is 2. The molecule has 1 aromatic carbocycles. The molecule has 0 spiro atoms. The van der Waals surface area contributed by atoms with Crippen LogP contribution in [0.15, 0.2) is 42.6 Å². The van der Waals surface area contributed by atoms with Gasteiger partial charge in [-0.3, -0.25) is 0 Å². The first-order valence-electron chi connectivity index (χ1n) is 8.58. The maximum absolute atomic E-state index is 12.1. The number of carbonyl (C=O) groups is 1. The molecule has 126 valence electrons. The summed E-state index contributed by atoms with van der Waals surface area (Å²) in [6, 6.07) is 12.6. The van der Waals surface area contributed by atoms with Crippen molar-refractivity contribution in [1.29, 1.82) is 0 Å². The molecule has 0 atom stereocenters. The second kappa shape index (κ2) is 7.90. The predicted octanol–water partition coefficient (Wildman–Crippen LogP) is 3.31. The van der Waals surface area contributed by atoms with Crippen LogP contribution in [0.2, 0.25) is 0 Å². The lowest BCUT2D eigenvalue weighted by Crippen LogP contribution is -2.43. The van der Waals surface area contributed by atoms with E-state index in [-0.39, 0.29) is 12.1 Å². The molecule has 5 heteroatoms. The Bertz CT molecular complexity index is 666. The Balaban J connectivity index is 1.42. The van der Waals surface area contributed by atoms with Gasteiger partial charge in [0, 0.05) is 12.2 Å². The van der Waals surface area contributed by atoms with Crippen LogP contribution in [0.3, 0.4) is 0 Å². The summed E-state index contributed by atoms with van der Waals surface area (Å²) in [5.41, 5.74) is 2.24. The molecule has 0 aliphatic heterocycles. The van der Waals surface area contributed by atoms with Gasteiger partial charge < -0.3 is 10.6 Å². The van der Waals surface area contributed by atoms with Gasteiger partial charge in [-0.15, -0.1) is 0 Å². The van der Waals surface area contributed by atoms with E-state index in [9.17, 15) is 4.79 Å². The highest BCUT2D eigenvalue weighted by Gasteiger charge is 2.23. The standard InChI is InChI=1S/C19H24N4O/c1-14-20-12-11-18(22-14)13-21-19(24)23-17-9-7-16(8-10-17)15-5-3-2-4-6-15/h2-6,11-12,16-17H,7-10,13H2,1H3,(H2,21,23,24). The molecule has 1 aliphatic rings. The minimum Gasteiger partial charge on any atom is -0.335 e. The third-order valence-corrected chi connectivity index (χ3v) is 4.60. The summed E-state index contributed by atoms with van der Waals surface area (Å²) >= 11 is 0. The van der Waals surface area contributed by atoms with E-state index < -0.39 is 0 Å². The number of nitrogens with one attached hydrogen (secondary N) is 2. The molecule has 0 radical (unpaired) electrons. The van der Waals surface area contributed by atoms with Crippen molar-refractivity contribution in [1.82, 2.24) is 20.6 Å². The molecule has 1 aliphatic carbocycles. The van der Waals surface area contributed by atoms with E-state index in [4.69, 9.17) is 0 Å². The zero-order valence-corrected chi connectivity index (χ0v) is 14.0. The van der Waals surface area contributed by atoms with Gasteiger partial charge in [-0.05, 0) is 50.2 Å². The van der Waals surface area contributed by atoms with Gasteiger partial charge in [0.1, 0.15) is 5.82 Å². The second-order valence-corrected chi connectivity index (χ2v) is 6.38. The van der Waals surface area contributed by atoms with Gasteiger partial charge in [-0.1, -0.05) is 30.3 Å². The average molecular weight is 324 g/mol. The SMILES string of the molecule is Cc1nccc(CNC(=O)NC2CCC(c3ccccc3)CC2)n1. The van der Waals surface area contributed by atoms with Crippen LogP contribution < -0.4 is 10.6 Å². The number of benzene rings is 1. The monoisotopic (exact) mass is 324 g/mol. The third kappa shape index (κ3) is 4.54. The molecule has 1 heterocycles. The third-order valence-electron chi connectivity index (χ3n) is 4.60. The van der Waals surface area contributed by atoms with Crippen molar-refractivity contribution >= 4 is 6.03 Å². The highest BCUT2D eigenvalue weighted by molar-refractivity contribution is 5.74. The quantitative estimate of drug-likeness (QED) is 0.906. The van der Waals surface area contributed by atoms with Gasteiger partial charge in [-0.25, -0.2) is 14.8 Å². The Morgan fingerprint density at radius 3 is 2.58 bits per heavy atom. The van der Waals surface area contributed by atoms with Gasteiger partial charge in [0.25, 0.3) is 0 Å². The van der Waals surface area contributed by atoms with Gasteiger partial charge in [0.05, 0.1) is 12.2 Å². The maximum atomic E-state index is 12.1. The van der Waals surface area contributed by atoms with E-state index in [0.29, 0.717) is 18.3 Å². The van der Waals surface area contributed by atoms with Crippen molar-refractivity contribution in [2.24, 2.45) is 0 Å². The highest BCUT2D eigenvalue weighted by Crippen LogP contribution is 2.32. The molecular weight excluding hydrogens is 300 g/mol. The normalized spacial score (nSPS) is 20.4. The van der Waals surface area contributed by atoms with Gasteiger partial charge in [0.2, 0.25) is 0 Å². The van der Waals surface area contributed by atoms with Crippen molar-refractivity contribution < 1.29 is 4.79 Å². The Kier molecular flexibility index (Phi) is 5.41. The van der Waals surface area contributed by atoms with Crippen LogP contribution in [-0.4, -0.2) is 22.0 Å². The Morgan fingerprint density at radius 1 is 1.12 bits per heavy atom. The molecule has 2 amide bonds. The first kappa shape index (κ1) is 16.4. The number of amides is 2. The summed E-state index contributed by atoms with van der Waals surface area (Å²) < 4.78 is 0. The molecule has 0 saturated heterocycles. The van der Waals surface area contributed by atoms with E-state index in [1.807, 2.05) is 13.0 Å². The molecule has 24 heavy (non-hydrogen) atoms. The smallest absolute Gasteiger partial charge is 0.315 e. The van der Waals surface area contributed by atoms with Crippen LogP contribution in [0.25, 0.3) is 0 Å². The van der Waals surface area contributed by atoms with Crippen LogP contribution >= 0.6 is 0 Å². The molecule has 1 fully saturated rings. The molecule has 0 bridgehead atoms. The van der Waals surface area contributed by atoms with Crippen molar-refractivity contribution in [3.05, 3.63) is 59.7 Å². The van der Waals surface area contributed by atoms with Crippen LogP contribution in [0.1, 0.15) is 48.7 Å². The maximum Gasteiger partial charge on any atom is 0.315 e. The van der Waals surface area contributed by atoms with Crippen LogP contribution in [0.5, 0.6) is 0 Å². The lowest BCUT2D eigenvalue weighted by molar-refractivity contribution is 0.230. The number of carbonyl (C=O) groups excluding carboxylic acids is 1. The van der Waals surface area contributed by atoms with Gasteiger partial charge in [0.15, 0.2) is 0 Å². The lowest BCUT2D eigenvalue weighted by atomic mass is 9.82. The van der Waals surface area contributed by atoms with E-state index >= 15 is 0 Å². The second-order valence-electron chi connectivity index (χ2n) is 6.38. The largest absolute Gasteiger partial charge is 0.335 e. The molecule has 3 rings (SSSR count). The first-order chi connectivity index (χ1) is 11.7. The summed E-state index contributed by atoms with van der Waals surface area (Å²) in [7, 11) is 0. The molecule has 2 N–H and O–H groups in total. The molecule has 5 nitrogen and oxygen atoms in total. The number of aromatic nitrogens is 2. The fraction of sp³-hybridized carbons (Fsp3) is 0.421. The minimum absolute atomic E-state index is 0.116. The van der Waals surface area contributed by atoms with E-state index in [1.165, 1.54) is 5.56 Å². The zero-order chi connectivity index (χ0) is 16.8. The number of aryl methyl sites for hydroxylation is 1. The zero-order valence-electron chi connectivity index (χ0n) is 14.0. The summed E-state index contributed by atoms with van der Waals surface area (Å²) in [6.45, 7) is 2.27. The first-order valence-corrected chi connectivity index (χ1v) is 8.58. The van der Waals surface area contributed by atoms with Gasteiger partial charge in [-0.2, -0.15) is 0 Å². The summed E-state index contributed by atoms with van der Waals surface area (Å²) in [5.74, 6) is 1.34. The fourth-order valence-electron chi connectivity index (χ4n) is 3.31. The predicted molar refractivity (Wildman–Crippen MR) is 93.6 cm³/mol. The molecule has 2 aromatic rings. The molecular formula is C19H24N4O. The summed E-state index contributed by atoms with van der Waals surface area (Å²) in [4.78, 5) is 20.4. The number of urea groups is 1. The molecule has 1 aromatic heterocycles. The molecule has 1 saturated carbocycles. The lowest BCUT2D eigenvalue weighted by Gasteiger charge is -2.29. The van der Waals surface area contributed by atoms with Crippen molar-refractivity contribution in [2.75, 3.05) is 0 Å². The van der Waals surface area contributed by atoms with Crippen molar-refractivity contribution in [2.45, 2.75) is 51.1 Å².